The first-order valence-electron chi connectivity index (χ1n) is 9.44. The molecule has 4 aromatic carbocycles. The van der Waals surface area contributed by atoms with Crippen LogP contribution in [0.4, 0.5) is 0 Å². The van der Waals surface area contributed by atoms with Gasteiger partial charge in [0.15, 0.2) is 0 Å². The molecule has 0 bridgehead atoms. The Kier molecular flexibility index (Phi) is 6.13. The minimum atomic E-state index is -1.65. The monoisotopic (exact) mass is 411 g/mol. The summed E-state index contributed by atoms with van der Waals surface area (Å²) in [6.45, 7) is 0. The maximum Gasteiger partial charge on any atom is 0.395 e. The van der Waals surface area contributed by atoms with Crippen molar-refractivity contribution in [1.29, 1.82) is 0 Å². The van der Waals surface area contributed by atoms with Crippen molar-refractivity contribution in [2.45, 2.75) is 5.97 Å². The average Bonchev–Trinajstić information content (AvgIpc) is 2.81. The number of benzene rings is 4. The van der Waals surface area contributed by atoms with Gasteiger partial charge in [-0.2, -0.15) is 0 Å². The van der Waals surface area contributed by atoms with Crippen LogP contribution in [0.1, 0.15) is 5.56 Å². The minimum Gasteiger partial charge on any atom is -0.457 e. The normalized spacial score (nSPS) is 11.0. The molecule has 147 valence electrons. The van der Waals surface area contributed by atoms with Crippen LogP contribution in [0.2, 0.25) is 0 Å². The summed E-state index contributed by atoms with van der Waals surface area (Å²) < 4.78 is 24.3. The summed E-state index contributed by atoms with van der Waals surface area (Å²) in [5.74, 6) is 0.716. The third-order valence-electron chi connectivity index (χ3n) is 4.31. The van der Waals surface area contributed by atoms with Crippen molar-refractivity contribution >= 4 is 10.5 Å². The van der Waals surface area contributed by atoms with Gasteiger partial charge in [0.05, 0.1) is 0 Å². The molecule has 4 rings (SSSR count). The van der Waals surface area contributed by atoms with Gasteiger partial charge in [-0.1, -0.05) is 66.7 Å². The standard InChI is InChI=1S/C25H19O4Si/c30-29-25(27-21-14-6-2-7-15-21,28-22-16-8-3-9-17-22)23-18-10-11-19-24(23)26-20-12-4-1-5-13-20/h1-19H. The Morgan fingerprint density at radius 3 is 1.43 bits per heavy atom. The van der Waals surface area contributed by atoms with Gasteiger partial charge in [-0.15, -0.1) is 0 Å². The lowest BCUT2D eigenvalue weighted by atomic mass is 10.1. The highest BCUT2D eigenvalue weighted by atomic mass is 28.2. The summed E-state index contributed by atoms with van der Waals surface area (Å²) >= 11 is 0. The molecule has 30 heavy (non-hydrogen) atoms. The van der Waals surface area contributed by atoms with Gasteiger partial charge in [0.1, 0.15) is 28.6 Å². The summed E-state index contributed by atoms with van der Waals surface area (Å²) in [5, 5.41) is 0. The molecule has 0 unspecified atom stereocenters. The number of para-hydroxylation sites is 4. The molecule has 0 saturated carbocycles. The van der Waals surface area contributed by atoms with Gasteiger partial charge in [-0.05, 0) is 48.5 Å². The van der Waals surface area contributed by atoms with Crippen LogP contribution in [0.25, 0.3) is 0 Å². The van der Waals surface area contributed by atoms with E-state index in [1.807, 2.05) is 115 Å². The van der Waals surface area contributed by atoms with Crippen molar-refractivity contribution < 1.29 is 18.6 Å². The van der Waals surface area contributed by atoms with Crippen LogP contribution in [-0.4, -0.2) is 10.5 Å². The van der Waals surface area contributed by atoms with Crippen LogP contribution < -0.4 is 14.2 Å². The van der Waals surface area contributed by atoms with Gasteiger partial charge >= 0.3 is 5.97 Å². The van der Waals surface area contributed by atoms with Crippen molar-refractivity contribution in [2.75, 3.05) is 0 Å². The highest BCUT2D eigenvalue weighted by Crippen LogP contribution is 2.38. The zero-order valence-corrected chi connectivity index (χ0v) is 17.1. The third-order valence-corrected chi connectivity index (χ3v) is 4.58. The molecule has 0 spiro atoms. The molecule has 0 aliphatic carbocycles. The van der Waals surface area contributed by atoms with E-state index in [9.17, 15) is 0 Å². The minimum absolute atomic E-state index is 0.536. The molecular formula is C25H19O4Si. The van der Waals surface area contributed by atoms with E-state index in [1.54, 1.807) is 0 Å². The summed E-state index contributed by atoms with van der Waals surface area (Å²) in [5.41, 5.74) is 0.552. The molecule has 4 aromatic rings. The second-order valence-corrected chi connectivity index (χ2v) is 6.60. The quantitative estimate of drug-likeness (QED) is 0.269. The van der Waals surface area contributed by atoms with Gasteiger partial charge in [0.2, 0.25) is 0 Å². The number of rotatable bonds is 8. The fourth-order valence-electron chi connectivity index (χ4n) is 2.94. The van der Waals surface area contributed by atoms with Crippen molar-refractivity contribution in [1.82, 2.24) is 0 Å². The smallest absolute Gasteiger partial charge is 0.395 e. The second kappa shape index (κ2) is 9.30. The van der Waals surface area contributed by atoms with E-state index in [1.165, 1.54) is 0 Å². The molecule has 3 radical (unpaired) electrons. The zero-order valence-electron chi connectivity index (χ0n) is 16.1. The molecule has 4 nitrogen and oxygen atoms in total. The number of ether oxygens (including phenoxy) is 3. The Morgan fingerprint density at radius 2 is 0.933 bits per heavy atom. The molecule has 0 aromatic heterocycles. The van der Waals surface area contributed by atoms with Gasteiger partial charge in [0.25, 0.3) is 10.5 Å². The summed E-state index contributed by atoms with van der Waals surface area (Å²) in [4.78, 5) is 0. The highest BCUT2D eigenvalue weighted by molar-refractivity contribution is 5.98. The van der Waals surface area contributed by atoms with Crippen LogP contribution in [0.3, 0.4) is 0 Å². The lowest BCUT2D eigenvalue weighted by molar-refractivity contribution is -0.263. The predicted octanol–water partition coefficient (Wildman–Crippen LogP) is 5.85. The lowest BCUT2D eigenvalue weighted by Gasteiger charge is -2.34. The topological polar surface area (TPSA) is 36.9 Å². The van der Waals surface area contributed by atoms with Gasteiger partial charge in [-0.3, -0.25) is 0 Å². The van der Waals surface area contributed by atoms with E-state index in [0.29, 0.717) is 28.6 Å². The maximum absolute atomic E-state index is 6.25. The Bertz CT molecular complexity index is 1010. The Balaban J connectivity index is 1.79. The van der Waals surface area contributed by atoms with Crippen LogP contribution in [-0.2, 0) is 10.4 Å². The van der Waals surface area contributed by atoms with Crippen molar-refractivity contribution in [2.24, 2.45) is 0 Å². The van der Waals surface area contributed by atoms with Gasteiger partial charge in [0, 0.05) is 0 Å². The molecule has 0 heterocycles. The Morgan fingerprint density at radius 1 is 0.500 bits per heavy atom. The van der Waals surface area contributed by atoms with Gasteiger partial charge in [-0.25, -0.2) is 0 Å². The van der Waals surface area contributed by atoms with Crippen LogP contribution in [0, 0.1) is 0 Å². The maximum atomic E-state index is 6.25. The van der Waals surface area contributed by atoms with E-state index in [4.69, 9.17) is 18.6 Å². The number of hydrogen-bond acceptors (Lipinski definition) is 4. The Hall–Kier alpha value is -3.54. The van der Waals surface area contributed by atoms with E-state index >= 15 is 0 Å². The average molecular weight is 412 g/mol. The summed E-state index contributed by atoms with van der Waals surface area (Å²) in [7, 11) is 3.20. The van der Waals surface area contributed by atoms with Crippen LogP contribution >= 0.6 is 0 Å². The van der Waals surface area contributed by atoms with E-state index in [2.05, 4.69) is 10.5 Å². The molecule has 0 fully saturated rings. The Labute approximate surface area is 179 Å². The highest BCUT2D eigenvalue weighted by Gasteiger charge is 2.41. The summed E-state index contributed by atoms with van der Waals surface area (Å²) in [6.07, 6.45) is 0. The van der Waals surface area contributed by atoms with Crippen molar-refractivity contribution in [3.8, 4) is 23.0 Å². The fraction of sp³-hybridized carbons (Fsp3) is 0.0400. The summed E-state index contributed by atoms with van der Waals surface area (Å²) in [6, 6.07) is 35.6. The molecule has 5 heteroatoms. The molecule has 0 N–H and O–H groups in total. The first-order valence-corrected chi connectivity index (χ1v) is 9.85. The molecule has 0 aliphatic heterocycles. The number of hydrogen-bond donors (Lipinski definition) is 0. The molecule has 0 amide bonds. The molecule has 0 aliphatic rings. The van der Waals surface area contributed by atoms with Crippen molar-refractivity contribution in [3.05, 3.63) is 121 Å². The lowest BCUT2D eigenvalue weighted by Crippen LogP contribution is -2.42. The van der Waals surface area contributed by atoms with E-state index < -0.39 is 5.97 Å². The largest absolute Gasteiger partial charge is 0.457 e. The van der Waals surface area contributed by atoms with E-state index in [0.717, 1.165) is 0 Å². The van der Waals surface area contributed by atoms with Crippen LogP contribution in [0.5, 0.6) is 23.0 Å². The molecule has 0 saturated heterocycles. The first kappa shape index (κ1) is 19.8. The first-order chi connectivity index (χ1) is 14.8. The third kappa shape index (κ3) is 4.54. The SMILES string of the molecule is [Si]OC(Oc1ccccc1)(Oc1ccccc1)c1ccccc1Oc1ccccc1. The second-order valence-electron chi connectivity index (χ2n) is 6.40. The molecular weight excluding hydrogens is 392 g/mol. The van der Waals surface area contributed by atoms with E-state index in [-0.39, 0.29) is 0 Å². The van der Waals surface area contributed by atoms with Crippen molar-refractivity contribution in [3.63, 3.8) is 0 Å². The fourth-order valence-corrected chi connectivity index (χ4v) is 3.13. The zero-order chi connectivity index (χ0) is 20.7. The molecule has 0 atom stereocenters. The predicted molar refractivity (Wildman–Crippen MR) is 116 cm³/mol. The van der Waals surface area contributed by atoms with Gasteiger partial charge < -0.3 is 18.6 Å². The van der Waals surface area contributed by atoms with Crippen LogP contribution in [0.15, 0.2) is 115 Å².